The number of aromatic nitrogens is 3. The van der Waals surface area contributed by atoms with E-state index in [0.29, 0.717) is 12.4 Å². The molecule has 0 atom stereocenters. The zero-order valence-corrected chi connectivity index (χ0v) is 8.59. The van der Waals surface area contributed by atoms with Crippen LogP contribution < -0.4 is 11.5 Å². The third-order valence-electron chi connectivity index (χ3n) is 2.71. The molecule has 5 nitrogen and oxygen atoms in total. The lowest BCUT2D eigenvalue weighted by atomic mass is 10.3. The van der Waals surface area contributed by atoms with Crippen molar-refractivity contribution in [2.24, 2.45) is 5.73 Å². The van der Waals surface area contributed by atoms with Crippen molar-refractivity contribution >= 4 is 22.9 Å². The second-order valence-electron chi connectivity index (χ2n) is 3.71. The van der Waals surface area contributed by atoms with Crippen molar-refractivity contribution in [3.05, 3.63) is 35.9 Å². The third kappa shape index (κ3) is 1.18. The van der Waals surface area contributed by atoms with Crippen molar-refractivity contribution in [1.29, 1.82) is 0 Å². The Morgan fingerprint density at radius 3 is 2.94 bits per heavy atom. The van der Waals surface area contributed by atoms with E-state index in [1.807, 2.05) is 24.3 Å². The van der Waals surface area contributed by atoms with Gasteiger partial charge in [0.15, 0.2) is 0 Å². The zero-order chi connectivity index (χ0) is 11.1. The Balaban J connectivity index is 2.32. The van der Waals surface area contributed by atoms with Gasteiger partial charge in [-0.15, -0.1) is 0 Å². The van der Waals surface area contributed by atoms with Crippen LogP contribution in [0.4, 0.5) is 5.82 Å². The molecule has 80 valence electrons. The average Bonchev–Trinajstić information content (AvgIpc) is 2.53. The van der Waals surface area contributed by atoms with E-state index >= 15 is 0 Å². The first-order chi connectivity index (χ1) is 7.75. The van der Waals surface area contributed by atoms with Crippen molar-refractivity contribution in [1.82, 2.24) is 14.5 Å². The molecule has 0 unspecified atom stereocenters. The highest BCUT2D eigenvalue weighted by Crippen LogP contribution is 2.24. The van der Waals surface area contributed by atoms with Gasteiger partial charge in [-0.1, -0.05) is 0 Å². The van der Waals surface area contributed by atoms with Crippen LogP contribution in [0.5, 0.6) is 0 Å². The topological polar surface area (TPSA) is 82.8 Å². The van der Waals surface area contributed by atoms with Crippen LogP contribution >= 0.6 is 0 Å². The second-order valence-corrected chi connectivity index (χ2v) is 3.71. The summed E-state index contributed by atoms with van der Waals surface area (Å²) >= 11 is 0. The molecule has 5 heteroatoms. The zero-order valence-electron chi connectivity index (χ0n) is 8.59. The number of hydrogen-bond donors (Lipinski definition) is 2. The van der Waals surface area contributed by atoms with Gasteiger partial charge in [-0.2, -0.15) is 0 Å². The summed E-state index contributed by atoms with van der Waals surface area (Å²) in [5, 5.41) is 0.885. The molecule has 0 saturated carbocycles. The van der Waals surface area contributed by atoms with Crippen LogP contribution in [0.3, 0.4) is 0 Å². The van der Waals surface area contributed by atoms with Gasteiger partial charge in [0.1, 0.15) is 17.8 Å². The van der Waals surface area contributed by atoms with Crippen LogP contribution in [-0.4, -0.2) is 14.5 Å². The van der Waals surface area contributed by atoms with Gasteiger partial charge in [0, 0.05) is 17.9 Å². The van der Waals surface area contributed by atoms with Gasteiger partial charge in [-0.25, -0.2) is 9.97 Å². The maximum atomic E-state index is 5.81. The quantitative estimate of drug-likeness (QED) is 0.680. The summed E-state index contributed by atoms with van der Waals surface area (Å²) < 4.78 is 2.06. The van der Waals surface area contributed by atoms with E-state index in [2.05, 4.69) is 14.5 Å². The van der Waals surface area contributed by atoms with Crippen LogP contribution in [0.1, 0.15) is 5.69 Å². The molecule has 4 N–H and O–H groups in total. The number of fused-ring (bicyclic) bond motifs is 3. The Bertz CT molecular complexity index is 621. The Labute approximate surface area is 92.1 Å². The SMILES string of the molecule is NC1=CCn2c(cc3c(N)ncnc32)C=C1. The average molecular weight is 213 g/mol. The summed E-state index contributed by atoms with van der Waals surface area (Å²) in [6, 6.07) is 1.98. The summed E-state index contributed by atoms with van der Waals surface area (Å²) in [5.74, 6) is 0.510. The molecule has 0 aromatic carbocycles. The normalized spacial score (nSPS) is 14.6. The molecule has 3 rings (SSSR count). The number of hydrogen-bond acceptors (Lipinski definition) is 4. The molecule has 0 fully saturated rings. The lowest BCUT2D eigenvalue weighted by molar-refractivity contribution is 0.838. The molecule has 0 saturated heterocycles. The van der Waals surface area contributed by atoms with Crippen LogP contribution in [0.15, 0.2) is 30.2 Å². The van der Waals surface area contributed by atoms with E-state index in [-0.39, 0.29) is 0 Å². The van der Waals surface area contributed by atoms with Crippen molar-refractivity contribution in [2.45, 2.75) is 6.54 Å². The Kier molecular flexibility index (Phi) is 1.73. The molecule has 2 aromatic rings. The van der Waals surface area contributed by atoms with Crippen molar-refractivity contribution in [2.75, 3.05) is 5.73 Å². The Morgan fingerprint density at radius 1 is 1.19 bits per heavy atom. The molecule has 0 amide bonds. The lowest BCUT2D eigenvalue weighted by Crippen LogP contribution is -2.00. The number of nitrogens with zero attached hydrogens (tertiary/aromatic N) is 3. The van der Waals surface area contributed by atoms with Crippen LogP contribution in [0.2, 0.25) is 0 Å². The van der Waals surface area contributed by atoms with E-state index in [0.717, 1.165) is 22.4 Å². The minimum Gasteiger partial charge on any atom is -0.399 e. The van der Waals surface area contributed by atoms with Gasteiger partial charge in [0.2, 0.25) is 0 Å². The molecular formula is C11H11N5. The standard InChI is InChI=1S/C11H11N5/c12-7-1-2-8-5-9-10(13)14-6-15-11(9)16(8)4-3-7/h1-3,5-6H,4,12H2,(H2,13,14,15). The Hall–Kier alpha value is -2.30. The highest BCUT2D eigenvalue weighted by Gasteiger charge is 2.11. The van der Waals surface area contributed by atoms with Crippen molar-refractivity contribution in [3.8, 4) is 0 Å². The number of nitrogens with two attached hydrogens (primary N) is 2. The van der Waals surface area contributed by atoms with E-state index in [9.17, 15) is 0 Å². The van der Waals surface area contributed by atoms with Gasteiger partial charge in [-0.3, -0.25) is 0 Å². The fourth-order valence-electron chi connectivity index (χ4n) is 1.88. The van der Waals surface area contributed by atoms with Gasteiger partial charge in [-0.05, 0) is 24.3 Å². The van der Waals surface area contributed by atoms with Crippen molar-refractivity contribution < 1.29 is 0 Å². The summed E-state index contributed by atoms with van der Waals surface area (Å²) in [5.41, 5.74) is 14.2. The summed E-state index contributed by atoms with van der Waals surface area (Å²) in [7, 11) is 0. The van der Waals surface area contributed by atoms with Crippen molar-refractivity contribution in [3.63, 3.8) is 0 Å². The minimum atomic E-state index is 0.510. The summed E-state index contributed by atoms with van der Waals surface area (Å²) in [6.07, 6.45) is 7.26. The van der Waals surface area contributed by atoms with Gasteiger partial charge < -0.3 is 16.0 Å². The number of anilines is 1. The fraction of sp³-hybridized carbons (Fsp3) is 0.0909. The maximum Gasteiger partial charge on any atom is 0.146 e. The molecule has 0 bridgehead atoms. The summed E-state index contributed by atoms with van der Waals surface area (Å²) in [6.45, 7) is 0.702. The number of nitrogen functional groups attached to an aromatic ring is 1. The number of rotatable bonds is 0. The van der Waals surface area contributed by atoms with Gasteiger partial charge in [0.25, 0.3) is 0 Å². The number of allylic oxidation sites excluding steroid dienone is 2. The van der Waals surface area contributed by atoms with Crippen LogP contribution in [0.25, 0.3) is 17.1 Å². The molecule has 0 aliphatic carbocycles. The van der Waals surface area contributed by atoms with Gasteiger partial charge in [0.05, 0.1) is 5.39 Å². The largest absolute Gasteiger partial charge is 0.399 e. The lowest BCUT2D eigenvalue weighted by Gasteiger charge is -2.02. The second kappa shape index (κ2) is 3.10. The van der Waals surface area contributed by atoms with Crippen LogP contribution in [-0.2, 0) is 6.54 Å². The smallest absolute Gasteiger partial charge is 0.146 e. The monoisotopic (exact) mass is 213 g/mol. The molecule has 3 heterocycles. The first-order valence-electron chi connectivity index (χ1n) is 4.99. The van der Waals surface area contributed by atoms with E-state index in [4.69, 9.17) is 11.5 Å². The van der Waals surface area contributed by atoms with E-state index in [1.165, 1.54) is 6.33 Å². The van der Waals surface area contributed by atoms with Gasteiger partial charge >= 0.3 is 0 Å². The fourth-order valence-corrected chi connectivity index (χ4v) is 1.88. The molecule has 16 heavy (non-hydrogen) atoms. The molecular weight excluding hydrogens is 202 g/mol. The predicted molar refractivity (Wildman–Crippen MR) is 63.2 cm³/mol. The first-order valence-corrected chi connectivity index (χ1v) is 4.99. The molecule has 1 aliphatic heterocycles. The van der Waals surface area contributed by atoms with E-state index < -0.39 is 0 Å². The third-order valence-corrected chi connectivity index (χ3v) is 2.71. The minimum absolute atomic E-state index is 0.510. The predicted octanol–water partition coefficient (Wildman–Crippen LogP) is 0.883. The molecule has 1 aliphatic rings. The molecule has 0 spiro atoms. The molecule has 0 radical (unpaired) electrons. The Morgan fingerprint density at radius 2 is 2.06 bits per heavy atom. The van der Waals surface area contributed by atoms with Crippen LogP contribution in [0, 0.1) is 0 Å². The highest BCUT2D eigenvalue weighted by atomic mass is 15.1. The molecule has 2 aromatic heterocycles. The first kappa shape index (κ1) is 8.96. The maximum absolute atomic E-state index is 5.81. The van der Waals surface area contributed by atoms with E-state index in [1.54, 1.807) is 0 Å². The summed E-state index contributed by atoms with van der Waals surface area (Å²) in [4.78, 5) is 8.23. The highest BCUT2D eigenvalue weighted by molar-refractivity contribution is 5.89.